The standard InChI is InChI=1S/C6H12N2O3/c7-4-5(9)8-3-1-2-6(10)11/h1-4,7H2,(H,8,9)(H,10,11). The lowest BCUT2D eigenvalue weighted by Crippen LogP contribution is -2.31. The van der Waals surface area contributed by atoms with Crippen LogP contribution in [0.3, 0.4) is 0 Å². The Morgan fingerprint density at radius 2 is 2.09 bits per heavy atom. The fourth-order valence-electron chi connectivity index (χ4n) is 0.540. The molecule has 0 radical (unpaired) electrons. The van der Waals surface area contributed by atoms with Gasteiger partial charge < -0.3 is 16.2 Å². The van der Waals surface area contributed by atoms with E-state index < -0.39 is 5.97 Å². The molecule has 0 rings (SSSR count). The van der Waals surface area contributed by atoms with Gasteiger partial charge in [-0.05, 0) is 6.42 Å². The molecule has 5 heteroatoms. The Balaban J connectivity index is 3.14. The van der Waals surface area contributed by atoms with Crippen molar-refractivity contribution in [3.63, 3.8) is 0 Å². The Kier molecular flexibility index (Phi) is 5.10. The van der Waals surface area contributed by atoms with Crippen molar-refractivity contribution < 1.29 is 14.7 Å². The average molecular weight is 160 g/mol. The normalized spacial score (nSPS) is 9.18. The molecule has 0 saturated heterocycles. The molecule has 4 N–H and O–H groups in total. The number of hydrogen-bond donors (Lipinski definition) is 3. The Bertz CT molecular complexity index is 147. The number of nitrogens with two attached hydrogens (primary N) is 1. The number of aliphatic carboxylic acids is 1. The third kappa shape index (κ3) is 6.79. The van der Waals surface area contributed by atoms with Gasteiger partial charge in [-0.25, -0.2) is 0 Å². The molecular formula is C6H12N2O3. The Hall–Kier alpha value is -1.10. The van der Waals surface area contributed by atoms with Crippen LogP contribution in [0.15, 0.2) is 0 Å². The first-order chi connectivity index (χ1) is 5.16. The number of carbonyl (C=O) groups excluding carboxylic acids is 1. The van der Waals surface area contributed by atoms with Crippen molar-refractivity contribution in [3.8, 4) is 0 Å². The molecule has 0 saturated carbocycles. The van der Waals surface area contributed by atoms with Gasteiger partial charge in [-0.1, -0.05) is 0 Å². The van der Waals surface area contributed by atoms with Crippen LogP contribution in [0.25, 0.3) is 0 Å². The maximum absolute atomic E-state index is 10.5. The predicted molar refractivity (Wildman–Crippen MR) is 38.9 cm³/mol. The molecule has 5 nitrogen and oxygen atoms in total. The summed E-state index contributed by atoms with van der Waals surface area (Å²) in [6.07, 6.45) is 0.520. The van der Waals surface area contributed by atoms with Gasteiger partial charge in [0.15, 0.2) is 0 Å². The van der Waals surface area contributed by atoms with Gasteiger partial charge in [-0.2, -0.15) is 0 Å². The topological polar surface area (TPSA) is 92.4 Å². The lowest BCUT2D eigenvalue weighted by molar-refractivity contribution is -0.137. The molecule has 0 unspecified atom stereocenters. The van der Waals surface area contributed by atoms with Gasteiger partial charge in [-0.3, -0.25) is 9.59 Å². The van der Waals surface area contributed by atoms with E-state index >= 15 is 0 Å². The molecule has 0 heterocycles. The highest BCUT2D eigenvalue weighted by Gasteiger charge is 1.98. The van der Waals surface area contributed by atoms with Crippen LogP contribution in [0, 0.1) is 0 Å². The van der Waals surface area contributed by atoms with Crippen LogP contribution >= 0.6 is 0 Å². The monoisotopic (exact) mass is 160 g/mol. The molecule has 0 aliphatic heterocycles. The maximum atomic E-state index is 10.5. The minimum Gasteiger partial charge on any atom is -0.481 e. The zero-order chi connectivity index (χ0) is 8.69. The Labute approximate surface area is 64.6 Å². The summed E-state index contributed by atoms with van der Waals surface area (Å²) in [7, 11) is 0. The summed E-state index contributed by atoms with van der Waals surface area (Å²) in [5.74, 6) is -1.11. The maximum Gasteiger partial charge on any atom is 0.303 e. The molecule has 1 amide bonds. The number of carboxylic acids is 1. The highest BCUT2D eigenvalue weighted by molar-refractivity contribution is 5.77. The zero-order valence-corrected chi connectivity index (χ0v) is 6.17. The second-order valence-corrected chi connectivity index (χ2v) is 2.05. The lowest BCUT2D eigenvalue weighted by Gasteiger charge is -1.99. The molecule has 0 aromatic carbocycles. The number of carboxylic acid groups (broad SMARTS) is 1. The van der Waals surface area contributed by atoms with Gasteiger partial charge in [0, 0.05) is 13.0 Å². The summed E-state index contributed by atoms with van der Waals surface area (Å²) in [6.45, 7) is 0.329. The van der Waals surface area contributed by atoms with E-state index in [9.17, 15) is 9.59 Å². The first kappa shape index (κ1) is 9.90. The van der Waals surface area contributed by atoms with Crippen LogP contribution in [-0.2, 0) is 9.59 Å². The molecular weight excluding hydrogens is 148 g/mol. The molecule has 0 bridgehead atoms. The van der Waals surface area contributed by atoms with Crippen molar-refractivity contribution in [2.45, 2.75) is 12.8 Å². The highest BCUT2D eigenvalue weighted by atomic mass is 16.4. The van der Waals surface area contributed by atoms with E-state index in [4.69, 9.17) is 10.8 Å². The third-order valence-electron chi connectivity index (χ3n) is 1.07. The summed E-state index contributed by atoms with van der Waals surface area (Å²) in [4.78, 5) is 20.4. The summed E-state index contributed by atoms with van der Waals surface area (Å²) < 4.78 is 0. The van der Waals surface area contributed by atoms with Gasteiger partial charge in [0.2, 0.25) is 5.91 Å². The van der Waals surface area contributed by atoms with Crippen LogP contribution in [0.5, 0.6) is 0 Å². The summed E-state index contributed by atoms with van der Waals surface area (Å²) in [5.41, 5.74) is 4.99. The minimum atomic E-state index is -0.855. The van der Waals surface area contributed by atoms with Crippen LogP contribution < -0.4 is 11.1 Å². The van der Waals surface area contributed by atoms with Crippen LogP contribution in [0.4, 0.5) is 0 Å². The second kappa shape index (κ2) is 5.67. The van der Waals surface area contributed by atoms with Crippen molar-refractivity contribution in [1.82, 2.24) is 5.32 Å². The SMILES string of the molecule is NCC(=O)NCCCC(=O)O. The largest absolute Gasteiger partial charge is 0.481 e. The second-order valence-electron chi connectivity index (χ2n) is 2.05. The molecule has 0 spiro atoms. The van der Waals surface area contributed by atoms with Crippen molar-refractivity contribution in [2.75, 3.05) is 13.1 Å². The van der Waals surface area contributed by atoms with E-state index in [-0.39, 0.29) is 18.9 Å². The van der Waals surface area contributed by atoms with Gasteiger partial charge >= 0.3 is 5.97 Å². The van der Waals surface area contributed by atoms with E-state index in [1.807, 2.05) is 0 Å². The molecule has 0 atom stereocenters. The van der Waals surface area contributed by atoms with Crippen molar-refractivity contribution >= 4 is 11.9 Å². The molecule has 64 valence electrons. The minimum absolute atomic E-state index is 0.0485. The van der Waals surface area contributed by atoms with Crippen LogP contribution in [-0.4, -0.2) is 30.1 Å². The Morgan fingerprint density at radius 1 is 1.45 bits per heavy atom. The van der Waals surface area contributed by atoms with Gasteiger partial charge in [0.05, 0.1) is 6.54 Å². The van der Waals surface area contributed by atoms with Gasteiger partial charge in [0.25, 0.3) is 0 Å². The summed E-state index contributed by atoms with van der Waals surface area (Å²) in [6, 6.07) is 0. The fraction of sp³-hybridized carbons (Fsp3) is 0.667. The van der Waals surface area contributed by atoms with E-state index in [1.54, 1.807) is 0 Å². The lowest BCUT2D eigenvalue weighted by atomic mass is 10.3. The van der Waals surface area contributed by atoms with Crippen LogP contribution in [0.1, 0.15) is 12.8 Å². The first-order valence-corrected chi connectivity index (χ1v) is 3.35. The molecule has 0 aromatic rings. The molecule has 11 heavy (non-hydrogen) atoms. The average Bonchev–Trinajstić information content (AvgIpc) is 1.97. The van der Waals surface area contributed by atoms with E-state index in [2.05, 4.69) is 5.32 Å². The van der Waals surface area contributed by atoms with Crippen LogP contribution in [0.2, 0.25) is 0 Å². The quantitative estimate of drug-likeness (QED) is 0.446. The number of amides is 1. The number of hydrogen-bond acceptors (Lipinski definition) is 3. The van der Waals surface area contributed by atoms with Gasteiger partial charge in [-0.15, -0.1) is 0 Å². The number of rotatable bonds is 5. The number of carbonyl (C=O) groups is 2. The van der Waals surface area contributed by atoms with Crippen molar-refractivity contribution in [1.29, 1.82) is 0 Å². The van der Waals surface area contributed by atoms with E-state index in [0.717, 1.165) is 0 Å². The first-order valence-electron chi connectivity index (χ1n) is 3.35. The van der Waals surface area contributed by atoms with E-state index in [0.29, 0.717) is 13.0 Å². The highest BCUT2D eigenvalue weighted by Crippen LogP contribution is 1.84. The fourth-order valence-corrected chi connectivity index (χ4v) is 0.540. The van der Waals surface area contributed by atoms with Crippen molar-refractivity contribution in [2.24, 2.45) is 5.73 Å². The van der Waals surface area contributed by atoms with Crippen molar-refractivity contribution in [3.05, 3.63) is 0 Å². The molecule has 0 fully saturated rings. The Morgan fingerprint density at radius 3 is 2.55 bits per heavy atom. The number of nitrogens with one attached hydrogen (secondary N) is 1. The zero-order valence-electron chi connectivity index (χ0n) is 6.17. The summed E-state index contributed by atoms with van der Waals surface area (Å²) in [5, 5.41) is 10.7. The van der Waals surface area contributed by atoms with E-state index in [1.165, 1.54) is 0 Å². The predicted octanol–water partition coefficient (Wildman–Crippen LogP) is -1.07. The molecule has 0 aliphatic carbocycles. The van der Waals surface area contributed by atoms with Gasteiger partial charge in [0.1, 0.15) is 0 Å². The third-order valence-corrected chi connectivity index (χ3v) is 1.07. The smallest absolute Gasteiger partial charge is 0.303 e. The molecule has 0 aliphatic rings. The summed E-state index contributed by atoms with van der Waals surface area (Å²) >= 11 is 0. The molecule has 0 aromatic heterocycles.